The maximum atomic E-state index is 13.4. The molecule has 17 heteroatoms. The summed E-state index contributed by atoms with van der Waals surface area (Å²) in [5.41, 5.74) is -2.19. The number of halogens is 1. The van der Waals surface area contributed by atoms with Gasteiger partial charge in [-0.15, -0.1) is 0 Å². The van der Waals surface area contributed by atoms with E-state index >= 15 is 0 Å². The zero-order valence-corrected chi connectivity index (χ0v) is 31.1. The Labute approximate surface area is 294 Å². The van der Waals surface area contributed by atoms with Crippen LogP contribution in [-0.2, 0) is 48.9 Å². The van der Waals surface area contributed by atoms with Gasteiger partial charge >= 0.3 is 31.4 Å². The third-order valence-corrected chi connectivity index (χ3v) is 8.50. The predicted molar refractivity (Wildman–Crippen MR) is 182 cm³/mol. The molecule has 0 radical (unpaired) electrons. The molecule has 1 rings (SSSR count). The van der Waals surface area contributed by atoms with Crippen LogP contribution in [0.15, 0.2) is 15.8 Å². The molecule has 50 heavy (non-hydrogen) atoms. The van der Waals surface area contributed by atoms with Gasteiger partial charge in [0.2, 0.25) is 12.1 Å². The molecule has 2 N–H and O–H groups in total. The summed E-state index contributed by atoms with van der Waals surface area (Å²) in [6, 6.07) is 0. The van der Waals surface area contributed by atoms with Crippen molar-refractivity contribution in [1.82, 2.24) is 9.55 Å². The second kappa shape index (κ2) is 25.1. The van der Waals surface area contributed by atoms with Crippen molar-refractivity contribution in [3.05, 3.63) is 32.9 Å². The lowest BCUT2D eigenvalue weighted by Crippen LogP contribution is -2.37. The van der Waals surface area contributed by atoms with Gasteiger partial charge in [-0.1, -0.05) is 84.0 Å². The number of aromatic amines is 1. The van der Waals surface area contributed by atoms with Gasteiger partial charge in [0.15, 0.2) is 13.3 Å². The summed E-state index contributed by atoms with van der Waals surface area (Å²) in [5, 5.41) is 0. The average molecular weight is 739 g/mol. The molecule has 0 amide bonds. The number of phosphoric acid groups is 1. The van der Waals surface area contributed by atoms with Crippen LogP contribution in [-0.4, -0.2) is 84.0 Å². The highest BCUT2D eigenvalue weighted by atomic mass is 31.2. The van der Waals surface area contributed by atoms with Crippen LogP contribution in [0.1, 0.15) is 116 Å². The number of carbonyl (C=O) groups is 3. The summed E-state index contributed by atoms with van der Waals surface area (Å²) in [6.07, 6.45) is 13.2. The van der Waals surface area contributed by atoms with Gasteiger partial charge in [0, 0.05) is 19.3 Å². The molecule has 2 atom stereocenters. The first-order chi connectivity index (χ1) is 23.6. The summed E-state index contributed by atoms with van der Waals surface area (Å²) in [6.45, 7) is 1.12. The van der Waals surface area contributed by atoms with E-state index in [0.717, 1.165) is 19.3 Å². The number of carbonyl (C=O) groups excluding carboxylic acids is 3. The zero-order chi connectivity index (χ0) is 37.4. The second-order valence-electron chi connectivity index (χ2n) is 13.2. The molecule has 0 spiro atoms. The van der Waals surface area contributed by atoms with Crippen LogP contribution < -0.4 is 11.2 Å². The quantitative estimate of drug-likeness (QED) is 0.0277. The van der Waals surface area contributed by atoms with Crippen molar-refractivity contribution in [1.29, 1.82) is 0 Å². The molecular formula is C33H58FN3O12P+. The Morgan fingerprint density at radius 3 is 1.94 bits per heavy atom. The molecule has 0 aliphatic rings. The molecule has 1 aromatic rings. The number of quaternary nitrogens is 1. The highest BCUT2D eigenvalue weighted by Crippen LogP contribution is 2.44. The van der Waals surface area contributed by atoms with E-state index in [9.17, 15) is 37.8 Å². The van der Waals surface area contributed by atoms with Crippen LogP contribution in [0.2, 0.25) is 0 Å². The Bertz CT molecular complexity index is 1310. The molecule has 0 bridgehead atoms. The van der Waals surface area contributed by atoms with Gasteiger partial charge in [-0.05, 0) is 12.8 Å². The molecule has 0 aromatic carbocycles. The molecule has 1 aromatic heterocycles. The lowest BCUT2D eigenvalue weighted by Gasteiger charge is -2.25. The van der Waals surface area contributed by atoms with E-state index in [-0.39, 0.29) is 32.3 Å². The minimum atomic E-state index is -4.72. The molecule has 0 fully saturated rings. The number of nitrogens with zero attached hydrogens (tertiary/aromatic N) is 2. The Morgan fingerprint density at radius 2 is 1.36 bits per heavy atom. The zero-order valence-electron chi connectivity index (χ0n) is 30.2. The summed E-state index contributed by atoms with van der Waals surface area (Å²) >= 11 is 0. The maximum Gasteiger partial charge on any atom is 0.475 e. The molecule has 0 saturated heterocycles. The molecular weight excluding hydrogens is 680 g/mol. The second-order valence-corrected chi connectivity index (χ2v) is 14.6. The molecule has 288 valence electrons. The van der Waals surface area contributed by atoms with Crippen LogP contribution >= 0.6 is 7.82 Å². The van der Waals surface area contributed by atoms with Gasteiger partial charge in [-0.25, -0.2) is 13.9 Å². The van der Waals surface area contributed by atoms with Gasteiger partial charge in [-0.3, -0.25) is 33.3 Å². The number of hydrogen-bond acceptors (Lipinski definition) is 11. The van der Waals surface area contributed by atoms with Crippen LogP contribution in [0.5, 0.6) is 0 Å². The minimum absolute atomic E-state index is 0.0884. The topological polar surface area (TPSA) is 190 Å². The van der Waals surface area contributed by atoms with Crippen LogP contribution in [0.25, 0.3) is 0 Å². The van der Waals surface area contributed by atoms with E-state index in [1.54, 1.807) is 4.98 Å². The number of phosphoric ester groups is 1. The first-order valence-electron chi connectivity index (χ1n) is 17.6. The Kier molecular flexibility index (Phi) is 22.7. The minimum Gasteiger partial charge on any atom is -0.459 e. The number of unbranched alkanes of at least 4 members (excludes halogenated alkanes) is 12. The summed E-state index contributed by atoms with van der Waals surface area (Å²) in [5.74, 6) is -3.59. The Hall–Kier alpha value is -2.91. The van der Waals surface area contributed by atoms with E-state index in [4.69, 9.17) is 23.3 Å². The van der Waals surface area contributed by atoms with Crippen LogP contribution in [0.4, 0.5) is 4.39 Å². The number of nitrogens with one attached hydrogen (secondary N) is 1. The fraction of sp³-hybridized carbons (Fsp3) is 0.788. The lowest BCUT2D eigenvalue weighted by molar-refractivity contribution is -0.870. The van der Waals surface area contributed by atoms with Gasteiger partial charge in [-0.2, -0.15) is 4.39 Å². The van der Waals surface area contributed by atoms with Gasteiger partial charge in [0.1, 0.15) is 13.2 Å². The van der Waals surface area contributed by atoms with E-state index in [2.05, 4.69) is 6.92 Å². The van der Waals surface area contributed by atoms with E-state index < -0.39 is 62.4 Å². The number of H-pyrrole nitrogens is 1. The number of rotatable bonds is 29. The number of esters is 3. The van der Waals surface area contributed by atoms with Crippen molar-refractivity contribution in [2.75, 3.05) is 40.9 Å². The predicted octanol–water partition coefficient (Wildman–Crippen LogP) is 5.08. The summed E-state index contributed by atoms with van der Waals surface area (Å²) in [7, 11) is 0.841. The van der Waals surface area contributed by atoms with Gasteiger partial charge in [0.25, 0.3) is 5.56 Å². The first-order valence-corrected chi connectivity index (χ1v) is 19.1. The molecule has 1 heterocycles. The number of ether oxygens (including phenoxy) is 3. The van der Waals surface area contributed by atoms with Crippen LogP contribution in [0.3, 0.4) is 0 Å². The van der Waals surface area contributed by atoms with E-state index in [1.807, 2.05) is 21.1 Å². The van der Waals surface area contributed by atoms with Crippen molar-refractivity contribution < 1.29 is 56.0 Å². The normalized spacial score (nSPS) is 13.4. The molecule has 0 aliphatic heterocycles. The number of hydrogen-bond donors (Lipinski definition) is 2. The Morgan fingerprint density at radius 1 is 0.840 bits per heavy atom. The van der Waals surface area contributed by atoms with Crippen molar-refractivity contribution in [3.63, 3.8) is 0 Å². The standard InChI is InChI=1S/C33H57FN3O12P/c1-5-6-7-8-9-10-11-12-13-14-15-16-17-19-28(38)45-25-31(49-50(43,44)47-23-22-37(2,3)4)48-30(40)21-18-20-29(39)46-26-36-24-27(34)32(41)35-33(36)42/h24,31H,5-23,25-26H2,1-4H3,(H-,35,41,42,43,44)/p+1. The smallest absolute Gasteiger partial charge is 0.459 e. The van der Waals surface area contributed by atoms with Crippen molar-refractivity contribution >= 4 is 25.7 Å². The molecule has 2 unspecified atom stereocenters. The number of aromatic nitrogens is 2. The highest BCUT2D eigenvalue weighted by Gasteiger charge is 2.31. The monoisotopic (exact) mass is 738 g/mol. The summed E-state index contributed by atoms with van der Waals surface area (Å²) < 4.78 is 52.2. The molecule has 15 nitrogen and oxygen atoms in total. The van der Waals surface area contributed by atoms with Crippen molar-refractivity contribution in [2.24, 2.45) is 0 Å². The third kappa shape index (κ3) is 23.5. The largest absolute Gasteiger partial charge is 0.475 e. The lowest BCUT2D eigenvalue weighted by atomic mass is 10.0. The fourth-order valence-electron chi connectivity index (χ4n) is 4.59. The maximum absolute atomic E-state index is 13.4. The first kappa shape index (κ1) is 45.1. The highest BCUT2D eigenvalue weighted by molar-refractivity contribution is 7.47. The Balaban J connectivity index is 2.47. The fourth-order valence-corrected chi connectivity index (χ4v) is 5.36. The number of likely N-dealkylation sites (N-methyl/N-ethyl adjacent to an activating group) is 1. The van der Waals surface area contributed by atoms with E-state index in [0.29, 0.717) is 28.2 Å². The van der Waals surface area contributed by atoms with Crippen molar-refractivity contribution in [2.45, 2.75) is 129 Å². The average Bonchev–Trinajstić information content (AvgIpc) is 3.02. The van der Waals surface area contributed by atoms with Crippen molar-refractivity contribution in [3.8, 4) is 0 Å². The molecule has 0 saturated carbocycles. The summed E-state index contributed by atoms with van der Waals surface area (Å²) in [4.78, 5) is 71.5. The SMILES string of the molecule is CCCCCCCCCCCCCCCC(=O)OCC(OC(=O)CCCC(=O)OCn1cc(F)c(=O)[nH]c1=O)OP(=O)(O)OCC[N+](C)(C)C. The third-order valence-electron chi connectivity index (χ3n) is 7.49. The van der Waals surface area contributed by atoms with Gasteiger partial charge in [0.05, 0.1) is 27.3 Å². The van der Waals surface area contributed by atoms with E-state index in [1.165, 1.54) is 57.8 Å². The van der Waals surface area contributed by atoms with Gasteiger partial charge < -0.3 is 23.6 Å². The molecule has 0 aliphatic carbocycles. The van der Waals surface area contributed by atoms with Crippen LogP contribution in [0, 0.1) is 5.82 Å².